The molecule has 0 spiro atoms. The van der Waals surface area contributed by atoms with Gasteiger partial charge in [-0.3, -0.25) is 14.9 Å². The molecule has 2 N–H and O–H groups in total. The van der Waals surface area contributed by atoms with E-state index in [-0.39, 0.29) is 5.56 Å². The molecular formula is C12H11N3O. The zero-order valence-corrected chi connectivity index (χ0v) is 8.55. The van der Waals surface area contributed by atoms with E-state index in [9.17, 15) is 4.79 Å². The summed E-state index contributed by atoms with van der Waals surface area (Å²) in [6.07, 6.45) is 3.35. The van der Waals surface area contributed by atoms with Crippen LogP contribution in [0.15, 0.2) is 59.7 Å². The highest BCUT2D eigenvalue weighted by atomic mass is 16.1. The summed E-state index contributed by atoms with van der Waals surface area (Å²) in [4.78, 5) is 14.2. The van der Waals surface area contributed by atoms with Gasteiger partial charge in [0.05, 0.1) is 5.52 Å². The predicted molar refractivity (Wildman–Crippen MR) is 63.2 cm³/mol. The molecule has 4 nitrogen and oxygen atoms in total. The molecule has 3 aromatic rings. The maximum Gasteiger partial charge on any atom is 0.263 e. The normalized spacial score (nSPS) is 9.50. The zero-order valence-electron chi connectivity index (χ0n) is 8.55. The Balaban J connectivity index is 0.000000138. The van der Waals surface area contributed by atoms with Crippen molar-refractivity contribution in [3.8, 4) is 0 Å². The number of hydrogen-bond donors (Lipinski definition) is 2. The number of pyridine rings is 1. The van der Waals surface area contributed by atoms with Gasteiger partial charge in [-0.1, -0.05) is 24.3 Å². The van der Waals surface area contributed by atoms with Gasteiger partial charge in [0.2, 0.25) is 0 Å². The molecule has 2 heterocycles. The van der Waals surface area contributed by atoms with Gasteiger partial charge in [-0.25, -0.2) is 0 Å². The van der Waals surface area contributed by atoms with E-state index in [0.717, 1.165) is 5.52 Å². The summed E-state index contributed by atoms with van der Waals surface area (Å²) in [6.45, 7) is 0. The number of rotatable bonds is 0. The van der Waals surface area contributed by atoms with Crippen molar-refractivity contribution >= 4 is 10.9 Å². The second kappa shape index (κ2) is 4.93. The molecule has 0 amide bonds. The van der Waals surface area contributed by atoms with Crippen molar-refractivity contribution in [1.29, 1.82) is 0 Å². The van der Waals surface area contributed by atoms with E-state index < -0.39 is 0 Å². The maximum absolute atomic E-state index is 9.98. The van der Waals surface area contributed by atoms with Gasteiger partial charge in [0, 0.05) is 23.8 Å². The Morgan fingerprint density at radius 3 is 2.44 bits per heavy atom. The van der Waals surface area contributed by atoms with Crippen LogP contribution in [0, 0.1) is 0 Å². The van der Waals surface area contributed by atoms with E-state index in [1.165, 1.54) is 11.5 Å². The lowest BCUT2D eigenvalue weighted by molar-refractivity contribution is 1.06. The standard InChI is InChI=1S/C9H7N.C3H4N2O/c1-2-6-9-8(4-1)5-3-7-10-9;6-3-1-2-4-5-3/h1-7H;1-2H,(H2,4,5,6). The molecule has 0 aliphatic carbocycles. The summed E-state index contributed by atoms with van der Waals surface area (Å²) in [5.74, 6) is 0. The molecule has 0 aliphatic rings. The second-order valence-corrected chi connectivity index (χ2v) is 3.16. The summed E-state index contributed by atoms with van der Waals surface area (Å²) in [6, 6.07) is 13.5. The van der Waals surface area contributed by atoms with Crippen molar-refractivity contribution in [1.82, 2.24) is 15.2 Å². The number of nitrogens with one attached hydrogen (secondary N) is 2. The van der Waals surface area contributed by atoms with E-state index in [1.54, 1.807) is 6.20 Å². The molecule has 0 aliphatic heterocycles. The molecule has 1 aromatic carbocycles. The molecule has 0 radical (unpaired) electrons. The number of para-hydroxylation sites is 1. The predicted octanol–water partition coefficient (Wildman–Crippen LogP) is 1.94. The summed E-state index contributed by atoms with van der Waals surface area (Å²) >= 11 is 0. The minimum atomic E-state index is -0.0880. The number of nitrogens with zero attached hydrogens (tertiary/aromatic N) is 1. The Morgan fingerprint density at radius 1 is 1.00 bits per heavy atom. The SMILES string of the molecule is O=c1cc[nH][nH]1.c1ccc2ncccc2c1. The largest absolute Gasteiger partial charge is 0.305 e. The summed E-state index contributed by atoms with van der Waals surface area (Å²) < 4.78 is 0. The highest BCUT2D eigenvalue weighted by Crippen LogP contribution is 2.07. The van der Waals surface area contributed by atoms with Gasteiger partial charge in [0.1, 0.15) is 0 Å². The smallest absolute Gasteiger partial charge is 0.263 e. The Hall–Kier alpha value is -2.36. The third kappa shape index (κ3) is 2.57. The van der Waals surface area contributed by atoms with Crippen molar-refractivity contribution in [2.45, 2.75) is 0 Å². The van der Waals surface area contributed by atoms with Gasteiger partial charge >= 0.3 is 0 Å². The lowest BCUT2D eigenvalue weighted by Crippen LogP contribution is -1.93. The second-order valence-electron chi connectivity index (χ2n) is 3.16. The maximum atomic E-state index is 9.98. The number of aromatic nitrogens is 3. The van der Waals surface area contributed by atoms with Gasteiger partial charge in [0.25, 0.3) is 5.56 Å². The first kappa shape index (κ1) is 10.2. The van der Waals surface area contributed by atoms with Crippen LogP contribution in [-0.2, 0) is 0 Å². The number of hydrogen-bond acceptors (Lipinski definition) is 2. The monoisotopic (exact) mass is 213 g/mol. The fourth-order valence-electron chi connectivity index (χ4n) is 1.29. The third-order valence-electron chi connectivity index (χ3n) is 2.03. The van der Waals surface area contributed by atoms with Crippen molar-refractivity contribution in [2.24, 2.45) is 0 Å². The van der Waals surface area contributed by atoms with Crippen LogP contribution in [0.1, 0.15) is 0 Å². The average Bonchev–Trinajstić information content (AvgIpc) is 2.81. The molecular weight excluding hydrogens is 202 g/mol. The van der Waals surface area contributed by atoms with Gasteiger partial charge < -0.3 is 5.10 Å². The highest BCUT2D eigenvalue weighted by Gasteiger charge is 1.86. The first-order chi connectivity index (χ1) is 7.86. The lowest BCUT2D eigenvalue weighted by atomic mass is 10.2. The minimum Gasteiger partial charge on any atom is -0.305 e. The first-order valence-electron chi connectivity index (χ1n) is 4.88. The van der Waals surface area contributed by atoms with Crippen LogP contribution in [0.25, 0.3) is 10.9 Å². The molecule has 0 unspecified atom stereocenters. The van der Waals surface area contributed by atoms with Crippen molar-refractivity contribution in [3.05, 3.63) is 65.2 Å². The Morgan fingerprint density at radius 2 is 1.81 bits per heavy atom. The minimum absolute atomic E-state index is 0.0880. The molecule has 16 heavy (non-hydrogen) atoms. The highest BCUT2D eigenvalue weighted by molar-refractivity contribution is 5.77. The lowest BCUT2D eigenvalue weighted by Gasteiger charge is -1.91. The molecule has 80 valence electrons. The van der Waals surface area contributed by atoms with Crippen molar-refractivity contribution < 1.29 is 0 Å². The first-order valence-corrected chi connectivity index (χ1v) is 4.88. The van der Waals surface area contributed by atoms with Crippen LogP contribution in [0.5, 0.6) is 0 Å². The quantitative estimate of drug-likeness (QED) is 0.599. The number of fused-ring (bicyclic) bond motifs is 1. The third-order valence-corrected chi connectivity index (χ3v) is 2.03. The van der Waals surface area contributed by atoms with Gasteiger partial charge in [-0.15, -0.1) is 0 Å². The van der Waals surface area contributed by atoms with Gasteiger partial charge in [-0.2, -0.15) is 0 Å². The van der Waals surface area contributed by atoms with Crippen LogP contribution in [0.2, 0.25) is 0 Å². The zero-order chi connectivity index (χ0) is 11.2. The fourth-order valence-corrected chi connectivity index (χ4v) is 1.29. The van der Waals surface area contributed by atoms with Crippen LogP contribution >= 0.6 is 0 Å². The van der Waals surface area contributed by atoms with Crippen LogP contribution < -0.4 is 5.56 Å². The van der Waals surface area contributed by atoms with E-state index in [1.807, 2.05) is 30.5 Å². The Kier molecular flexibility index (Phi) is 3.13. The molecule has 3 rings (SSSR count). The van der Waals surface area contributed by atoms with Crippen molar-refractivity contribution in [3.63, 3.8) is 0 Å². The van der Waals surface area contributed by atoms with E-state index in [0.29, 0.717) is 0 Å². The topological polar surface area (TPSA) is 61.5 Å². The van der Waals surface area contributed by atoms with Gasteiger partial charge in [-0.05, 0) is 12.1 Å². The van der Waals surface area contributed by atoms with Crippen molar-refractivity contribution in [2.75, 3.05) is 0 Å². The number of benzene rings is 1. The summed E-state index contributed by atoms with van der Waals surface area (Å²) in [5, 5.41) is 6.01. The fraction of sp³-hybridized carbons (Fsp3) is 0. The van der Waals surface area contributed by atoms with Crippen LogP contribution in [0.4, 0.5) is 0 Å². The van der Waals surface area contributed by atoms with E-state index in [4.69, 9.17) is 0 Å². The average molecular weight is 213 g/mol. The number of H-pyrrole nitrogens is 2. The molecule has 2 aromatic heterocycles. The molecule has 0 fully saturated rings. The molecule has 0 bridgehead atoms. The Bertz CT molecular complexity index is 530. The summed E-state index contributed by atoms with van der Waals surface area (Å²) in [7, 11) is 0. The van der Waals surface area contributed by atoms with Gasteiger partial charge in [0.15, 0.2) is 0 Å². The van der Waals surface area contributed by atoms with E-state index in [2.05, 4.69) is 27.3 Å². The molecule has 4 heteroatoms. The molecule has 0 saturated carbocycles. The number of aromatic amines is 2. The van der Waals surface area contributed by atoms with E-state index >= 15 is 0 Å². The molecule has 0 atom stereocenters. The molecule has 0 saturated heterocycles. The van der Waals surface area contributed by atoms with Crippen LogP contribution in [-0.4, -0.2) is 15.2 Å². The van der Waals surface area contributed by atoms with Crippen LogP contribution in [0.3, 0.4) is 0 Å². The summed E-state index contributed by atoms with van der Waals surface area (Å²) in [5.41, 5.74) is 0.972. The Labute approximate surface area is 92.0 Å².